The van der Waals surface area contributed by atoms with E-state index in [2.05, 4.69) is 15.0 Å². The van der Waals surface area contributed by atoms with Crippen molar-refractivity contribution in [3.05, 3.63) is 57.9 Å². The number of ether oxygens (including phenoxy) is 1. The number of amides is 1. The fourth-order valence-electron chi connectivity index (χ4n) is 2.57. The summed E-state index contributed by atoms with van der Waals surface area (Å²) in [6.45, 7) is 4.98. The van der Waals surface area contributed by atoms with Gasteiger partial charge in [0.15, 0.2) is 0 Å². The number of ketones is 1. The molecule has 1 aromatic carbocycles. The van der Waals surface area contributed by atoms with Gasteiger partial charge in [-0.3, -0.25) is 14.6 Å². The van der Waals surface area contributed by atoms with Gasteiger partial charge in [-0.1, -0.05) is 11.6 Å². The standard InChI is InChI=1S/C19H18ClF3N2O3/c1-10-6-14(8-15(24-10)7-11(2)26)12(3)25-18(27)13-4-5-17(16(20)9-13)28-19(21,22)23/h4-6,8-9,12H,7H2,1-3H3,(H,25,27). The highest BCUT2D eigenvalue weighted by Crippen LogP contribution is 2.31. The van der Waals surface area contributed by atoms with E-state index >= 15 is 0 Å². The molecule has 1 heterocycles. The third-order valence-corrected chi connectivity index (χ3v) is 4.02. The smallest absolute Gasteiger partial charge is 0.404 e. The molecular formula is C19H18ClF3N2O3. The lowest BCUT2D eigenvalue weighted by Gasteiger charge is -2.17. The lowest BCUT2D eigenvalue weighted by Crippen LogP contribution is -2.27. The Bertz CT molecular complexity index is 900. The summed E-state index contributed by atoms with van der Waals surface area (Å²) in [6, 6.07) is 6.35. The van der Waals surface area contributed by atoms with Crippen molar-refractivity contribution in [2.45, 2.75) is 39.6 Å². The summed E-state index contributed by atoms with van der Waals surface area (Å²) in [5.41, 5.74) is 2.13. The van der Waals surface area contributed by atoms with E-state index in [1.807, 2.05) is 0 Å². The molecule has 0 saturated heterocycles. The second-order valence-electron chi connectivity index (χ2n) is 6.30. The Morgan fingerprint density at radius 1 is 1.25 bits per heavy atom. The highest BCUT2D eigenvalue weighted by molar-refractivity contribution is 6.32. The molecule has 0 fully saturated rings. The van der Waals surface area contributed by atoms with Gasteiger partial charge in [0.2, 0.25) is 0 Å². The maximum absolute atomic E-state index is 12.4. The lowest BCUT2D eigenvalue weighted by atomic mass is 10.0. The number of hydrogen-bond donors (Lipinski definition) is 1. The first-order valence-corrected chi connectivity index (χ1v) is 8.65. The van der Waals surface area contributed by atoms with Gasteiger partial charge in [0.1, 0.15) is 11.5 Å². The highest BCUT2D eigenvalue weighted by Gasteiger charge is 2.32. The number of alkyl halides is 3. The first-order chi connectivity index (χ1) is 12.9. The molecule has 1 unspecified atom stereocenters. The molecule has 1 atom stereocenters. The lowest BCUT2D eigenvalue weighted by molar-refractivity contribution is -0.274. The molecule has 1 aromatic heterocycles. The van der Waals surface area contributed by atoms with Crippen LogP contribution < -0.4 is 10.1 Å². The zero-order valence-electron chi connectivity index (χ0n) is 15.4. The average molecular weight is 415 g/mol. The van der Waals surface area contributed by atoms with E-state index in [4.69, 9.17) is 11.6 Å². The van der Waals surface area contributed by atoms with Crippen molar-refractivity contribution in [1.29, 1.82) is 0 Å². The molecule has 0 spiro atoms. The molecule has 2 rings (SSSR count). The fourth-order valence-corrected chi connectivity index (χ4v) is 2.79. The molecule has 28 heavy (non-hydrogen) atoms. The average Bonchev–Trinajstić information content (AvgIpc) is 2.54. The third kappa shape index (κ3) is 6.23. The Morgan fingerprint density at radius 2 is 1.93 bits per heavy atom. The van der Waals surface area contributed by atoms with E-state index < -0.39 is 24.1 Å². The van der Waals surface area contributed by atoms with Crippen LogP contribution in [0.4, 0.5) is 13.2 Å². The van der Waals surface area contributed by atoms with Crippen LogP contribution in [0.2, 0.25) is 5.02 Å². The number of nitrogens with one attached hydrogen (secondary N) is 1. The van der Waals surface area contributed by atoms with E-state index in [0.29, 0.717) is 11.4 Å². The molecule has 150 valence electrons. The van der Waals surface area contributed by atoms with E-state index in [1.54, 1.807) is 26.0 Å². The van der Waals surface area contributed by atoms with Crippen molar-refractivity contribution in [3.63, 3.8) is 0 Å². The third-order valence-electron chi connectivity index (χ3n) is 3.73. The SMILES string of the molecule is CC(=O)Cc1cc(C(C)NC(=O)c2ccc(OC(F)(F)F)c(Cl)c2)cc(C)n1. The van der Waals surface area contributed by atoms with E-state index in [-0.39, 0.29) is 22.8 Å². The van der Waals surface area contributed by atoms with Gasteiger partial charge >= 0.3 is 6.36 Å². The molecule has 9 heteroatoms. The molecule has 0 aliphatic heterocycles. The summed E-state index contributed by atoms with van der Waals surface area (Å²) in [6.07, 6.45) is -4.69. The van der Waals surface area contributed by atoms with Crippen molar-refractivity contribution >= 4 is 23.3 Å². The summed E-state index contributed by atoms with van der Waals surface area (Å²) < 4.78 is 40.7. The molecule has 0 bridgehead atoms. The van der Waals surface area contributed by atoms with Gasteiger partial charge in [0.25, 0.3) is 5.91 Å². The van der Waals surface area contributed by atoms with Crippen LogP contribution in [0, 0.1) is 6.92 Å². The normalized spacial score (nSPS) is 12.4. The number of aryl methyl sites for hydroxylation is 1. The predicted molar refractivity (Wildman–Crippen MR) is 97.4 cm³/mol. The van der Waals surface area contributed by atoms with Crippen LogP contribution in [0.5, 0.6) is 5.75 Å². The zero-order chi connectivity index (χ0) is 21.1. The Hall–Kier alpha value is -2.61. The highest BCUT2D eigenvalue weighted by atomic mass is 35.5. The number of benzene rings is 1. The van der Waals surface area contributed by atoms with Gasteiger partial charge < -0.3 is 10.1 Å². The Kier molecular flexibility index (Phi) is 6.66. The number of aromatic nitrogens is 1. The van der Waals surface area contributed by atoms with Crippen molar-refractivity contribution < 1.29 is 27.5 Å². The van der Waals surface area contributed by atoms with Crippen molar-refractivity contribution in [1.82, 2.24) is 10.3 Å². The minimum absolute atomic E-state index is 0.0310. The van der Waals surface area contributed by atoms with Crippen molar-refractivity contribution in [3.8, 4) is 5.75 Å². The molecule has 2 aromatic rings. The van der Waals surface area contributed by atoms with Crippen molar-refractivity contribution in [2.75, 3.05) is 0 Å². The Morgan fingerprint density at radius 3 is 2.50 bits per heavy atom. The molecule has 0 aliphatic rings. The minimum Gasteiger partial charge on any atom is -0.404 e. The quantitative estimate of drug-likeness (QED) is 0.752. The number of nitrogens with zero attached hydrogens (tertiary/aromatic N) is 1. The van der Waals surface area contributed by atoms with Crippen LogP contribution >= 0.6 is 11.6 Å². The van der Waals surface area contributed by atoms with Gasteiger partial charge in [-0.05, 0) is 56.7 Å². The van der Waals surface area contributed by atoms with Crippen LogP contribution in [0.15, 0.2) is 30.3 Å². The Labute approximate surface area is 164 Å². The summed E-state index contributed by atoms with van der Waals surface area (Å²) in [7, 11) is 0. The second-order valence-corrected chi connectivity index (χ2v) is 6.71. The molecule has 5 nitrogen and oxygen atoms in total. The van der Waals surface area contributed by atoms with Gasteiger partial charge in [-0.2, -0.15) is 0 Å². The number of pyridine rings is 1. The largest absolute Gasteiger partial charge is 0.573 e. The first kappa shape index (κ1) is 21.7. The van der Waals surface area contributed by atoms with Crippen LogP contribution in [-0.2, 0) is 11.2 Å². The monoisotopic (exact) mass is 414 g/mol. The minimum atomic E-state index is -4.88. The maximum atomic E-state index is 12.4. The van der Waals surface area contributed by atoms with Gasteiger partial charge in [0, 0.05) is 23.4 Å². The number of carbonyl (C=O) groups is 2. The summed E-state index contributed by atoms with van der Waals surface area (Å²) in [5.74, 6) is -1.13. The summed E-state index contributed by atoms with van der Waals surface area (Å²) >= 11 is 5.78. The number of Topliss-reactive ketones (excluding diaryl/α,β-unsaturated/α-hetero) is 1. The van der Waals surface area contributed by atoms with E-state index in [0.717, 1.165) is 17.7 Å². The van der Waals surface area contributed by atoms with Gasteiger partial charge in [-0.25, -0.2) is 0 Å². The molecule has 1 amide bonds. The number of halogens is 4. The summed E-state index contributed by atoms with van der Waals surface area (Å²) in [5, 5.41) is 2.41. The van der Waals surface area contributed by atoms with E-state index in [9.17, 15) is 22.8 Å². The molecular weight excluding hydrogens is 397 g/mol. The first-order valence-electron chi connectivity index (χ1n) is 8.27. The second kappa shape index (κ2) is 8.60. The molecule has 0 aliphatic carbocycles. The number of rotatable bonds is 6. The zero-order valence-corrected chi connectivity index (χ0v) is 16.1. The predicted octanol–water partition coefficient (Wildman–Crippen LogP) is 4.56. The molecule has 0 saturated carbocycles. The Balaban J connectivity index is 2.15. The van der Waals surface area contributed by atoms with Gasteiger partial charge in [0.05, 0.1) is 11.1 Å². The van der Waals surface area contributed by atoms with Gasteiger partial charge in [-0.15, -0.1) is 13.2 Å². The topological polar surface area (TPSA) is 68.3 Å². The van der Waals surface area contributed by atoms with Crippen molar-refractivity contribution in [2.24, 2.45) is 0 Å². The number of hydrogen-bond acceptors (Lipinski definition) is 4. The van der Waals surface area contributed by atoms with Crippen LogP contribution in [0.25, 0.3) is 0 Å². The molecule has 0 radical (unpaired) electrons. The maximum Gasteiger partial charge on any atom is 0.573 e. The fraction of sp³-hybridized carbons (Fsp3) is 0.316. The van der Waals surface area contributed by atoms with E-state index in [1.165, 1.54) is 13.0 Å². The van der Waals surface area contributed by atoms with Crippen LogP contribution in [-0.4, -0.2) is 23.0 Å². The summed E-state index contributed by atoms with van der Waals surface area (Å²) in [4.78, 5) is 28.0. The van der Waals surface area contributed by atoms with Crippen LogP contribution in [0.1, 0.15) is 47.2 Å². The molecule has 1 N–H and O–H groups in total. The van der Waals surface area contributed by atoms with Crippen LogP contribution in [0.3, 0.4) is 0 Å². The number of carbonyl (C=O) groups excluding carboxylic acids is 2.